The van der Waals surface area contributed by atoms with Crippen molar-refractivity contribution < 1.29 is 4.74 Å². The van der Waals surface area contributed by atoms with E-state index < -0.39 is 0 Å². The molecule has 0 radical (unpaired) electrons. The van der Waals surface area contributed by atoms with Crippen LogP contribution in [0.2, 0.25) is 0 Å². The van der Waals surface area contributed by atoms with Crippen molar-refractivity contribution in [2.24, 2.45) is 0 Å². The summed E-state index contributed by atoms with van der Waals surface area (Å²) in [5, 5.41) is 10.4. The van der Waals surface area contributed by atoms with Gasteiger partial charge >= 0.3 is 0 Å². The molecule has 4 heteroatoms. The van der Waals surface area contributed by atoms with Crippen molar-refractivity contribution in [2.75, 3.05) is 13.2 Å². The molecule has 1 fully saturated rings. The maximum Gasteiger partial charge on any atom is 0.0620 e. The van der Waals surface area contributed by atoms with Gasteiger partial charge in [-0.25, -0.2) is 0 Å². The van der Waals surface area contributed by atoms with Gasteiger partial charge < -0.3 is 10.1 Å². The molecule has 1 aromatic rings. The zero-order valence-electron chi connectivity index (χ0n) is 7.79. The van der Waals surface area contributed by atoms with E-state index in [1.165, 1.54) is 0 Å². The number of nitrogens with zero attached hydrogens (tertiary/aromatic N) is 1. The molecule has 1 saturated heterocycles. The van der Waals surface area contributed by atoms with E-state index in [2.05, 4.69) is 22.4 Å². The number of rotatable bonds is 3. The van der Waals surface area contributed by atoms with Crippen LogP contribution in [0.15, 0.2) is 12.3 Å². The zero-order chi connectivity index (χ0) is 9.10. The molecule has 2 heterocycles. The van der Waals surface area contributed by atoms with E-state index in [0.29, 0.717) is 12.1 Å². The molecular formula is C9H15N3O. The highest BCUT2D eigenvalue weighted by molar-refractivity contribution is 5.03. The summed E-state index contributed by atoms with van der Waals surface area (Å²) in [6, 6.07) is 2.82. The molecule has 0 amide bonds. The summed E-state index contributed by atoms with van der Waals surface area (Å²) < 4.78 is 5.29. The molecule has 72 valence electrons. The number of H-pyrrole nitrogens is 1. The Labute approximate surface area is 77.7 Å². The molecule has 13 heavy (non-hydrogen) atoms. The first-order valence-corrected chi connectivity index (χ1v) is 4.69. The van der Waals surface area contributed by atoms with Gasteiger partial charge in [-0.2, -0.15) is 5.10 Å². The Kier molecular flexibility index (Phi) is 2.61. The van der Waals surface area contributed by atoms with Crippen LogP contribution in [0.25, 0.3) is 0 Å². The third-order valence-corrected chi connectivity index (χ3v) is 2.40. The predicted octanol–water partition coefficient (Wildman–Crippen LogP) is 0.849. The first-order valence-electron chi connectivity index (χ1n) is 4.69. The topological polar surface area (TPSA) is 49.9 Å². The summed E-state index contributed by atoms with van der Waals surface area (Å²) in [6.45, 7) is 3.84. The van der Waals surface area contributed by atoms with Crippen molar-refractivity contribution in [1.29, 1.82) is 0 Å². The van der Waals surface area contributed by atoms with Gasteiger partial charge in [-0.3, -0.25) is 5.10 Å². The molecule has 0 spiro atoms. The summed E-state index contributed by atoms with van der Waals surface area (Å²) in [4.78, 5) is 0. The average molecular weight is 181 g/mol. The van der Waals surface area contributed by atoms with E-state index >= 15 is 0 Å². The third-order valence-electron chi connectivity index (χ3n) is 2.40. The van der Waals surface area contributed by atoms with Gasteiger partial charge in [0.2, 0.25) is 0 Å². The van der Waals surface area contributed by atoms with Gasteiger partial charge in [-0.05, 0) is 19.4 Å². The smallest absolute Gasteiger partial charge is 0.0620 e. The van der Waals surface area contributed by atoms with Gasteiger partial charge in [0, 0.05) is 24.9 Å². The number of aromatic amines is 1. The minimum atomic E-state index is 0.328. The van der Waals surface area contributed by atoms with Crippen LogP contribution in [-0.4, -0.2) is 29.5 Å². The third kappa shape index (κ3) is 2.08. The largest absolute Gasteiger partial charge is 0.380 e. The first-order chi connectivity index (χ1) is 6.36. The second-order valence-electron chi connectivity index (χ2n) is 3.46. The van der Waals surface area contributed by atoms with Crippen molar-refractivity contribution in [3.8, 4) is 0 Å². The minimum Gasteiger partial charge on any atom is -0.380 e. The van der Waals surface area contributed by atoms with E-state index in [9.17, 15) is 0 Å². The Hall–Kier alpha value is -0.870. The van der Waals surface area contributed by atoms with Gasteiger partial charge in [0.25, 0.3) is 0 Å². The van der Waals surface area contributed by atoms with Crippen LogP contribution in [0.5, 0.6) is 0 Å². The lowest BCUT2D eigenvalue weighted by Gasteiger charge is -2.16. The lowest BCUT2D eigenvalue weighted by molar-refractivity contribution is 0.188. The molecule has 1 aromatic heterocycles. The quantitative estimate of drug-likeness (QED) is 0.726. The van der Waals surface area contributed by atoms with Gasteiger partial charge in [-0.15, -0.1) is 0 Å². The molecule has 1 aliphatic heterocycles. The van der Waals surface area contributed by atoms with Crippen LogP contribution in [0.4, 0.5) is 0 Å². The van der Waals surface area contributed by atoms with Gasteiger partial charge in [0.1, 0.15) is 0 Å². The Balaban J connectivity index is 1.87. The Bertz CT molecular complexity index is 241. The Morgan fingerprint density at radius 3 is 3.31 bits per heavy atom. The van der Waals surface area contributed by atoms with E-state index in [1.54, 1.807) is 6.20 Å². The fraction of sp³-hybridized carbons (Fsp3) is 0.667. The van der Waals surface area contributed by atoms with Crippen LogP contribution >= 0.6 is 0 Å². The molecule has 0 bridgehead atoms. The number of hydrogen-bond acceptors (Lipinski definition) is 3. The summed E-state index contributed by atoms with van der Waals surface area (Å²) in [5.41, 5.74) is 1.13. The van der Waals surface area contributed by atoms with Crippen molar-refractivity contribution in [3.05, 3.63) is 18.0 Å². The predicted molar refractivity (Wildman–Crippen MR) is 49.4 cm³/mol. The van der Waals surface area contributed by atoms with Crippen LogP contribution in [-0.2, 0) is 4.74 Å². The zero-order valence-corrected chi connectivity index (χ0v) is 7.79. The van der Waals surface area contributed by atoms with Crippen LogP contribution in [0.3, 0.4) is 0 Å². The standard InChI is InChI=1S/C9H15N3O/c1-7(9-2-4-10-12-9)11-8-3-5-13-6-8/h2,4,7-8,11H,3,5-6H2,1H3,(H,10,12). The molecule has 2 N–H and O–H groups in total. The Morgan fingerprint density at radius 1 is 1.77 bits per heavy atom. The number of nitrogens with one attached hydrogen (secondary N) is 2. The molecule has 2 atom stereocenters. The molecule has 0 aliphatic carbocycles. The highest BCUT2D eigenvalue weighted by atomic mass is 16.5. The average Bonchev–Trinajstić information content (AvgIpc) is 2.74. The van der Waals surface area contributed by atoms with Crippen molar-refractivity contribution in [1.82, 2.24) is 15.5 Å². The van der Waals surface area contributed by atoms with Crippen LogP contribution in [0.1, 0.15) is 25.1 Å². The van der Waals surface area contributed by atoms with E-state index in [0.717, 1.165) is 25.3 Å². The van der Waals surface area contributed by atoms with Crippen LogP contribution < -0.4 is 5.32 Å². The van der Waals surface area contributed by atoms with Crippen molar-refractivity contribution in [2.45, 2.75) is 25.4 Å². The molecular weight excluding hydrogens is 166 g/mol. The molecule has 2 unspecified atom stereocenters. The van der Waals surface area contributed by atoms with E-state index in [4.69, 9.17) is 4.74 Å². The van der Waals surface area contributed by atoms with Gasteiger partial charge in [0.15, 0.2) is 0 Å². The molecule has 4 nitrogen and oxygen atoms in total. The molecule has 2 rings (SSSR count). The first kappa shape index (κ1) is 8.72. The molecule has 1 aliphatic rings. The highest BCUT2D eigenvalue weighted by Gasteiger charge is 2.18. The second kappa shape index (κ2) is 3.89. The maximum absolute atomic E-state index is 5.29. The molecule has 0 aromatic carbocycles. The maximum atomic E-state index is 5.29. The lowest BCUT2D eigenvalue weighted by Crippen LogP contribution is -2.31. The van der Waals surface area contributed by atoms with Gasteiger partial charge in [0.05, 0.1) is 12.3 Å². The monoisotopic (exact) mass is 181 g/mol. The van der Waals surface area contributed by atoms with E-state index in [-0.39, 0.29) is 0 Å². The summed E-state index contributed by atoms with van der Waals surface area (Å²) in [5.74, 6) is 0. The number of ether oxygens (including phenoxy) is 1. The number of aromatic nitrogens is 2. The fourth-order valence-electron chi connectivity index (χ4n) is 1.62. The summed E-state index contributed by atoms with van der Waals surface area (Å²) in [7, 11) is 0. The second-order valence-corrected chi connectivity index (χ2v) is 3.46. The van der Waals surface area contributed by atoms with Crippen molar-refractivity contribution in [3.63, 3.8) is 0 Å². The normalized spacial score (nSPS) is 24.8. The van der Waals surface area contributed by atoms with Gasteiger partial charge in [-0.1, -0.05) is 0 Å². The summed E-state index contributed by atoms with van der Waals surface area (Å²) in [6.07, 6.45) is 2.89. The van der Waals surface area contributed by atoms with Crippen molar-refractivity contribution >= 4 is 0 Å². The highest BCUT2D eigenvalue weighted by Crippen LogP contribution is 2.12. The Morgan fingerprint density at radius 2 is 2.69 bits per heavy atom. The van der Waals surface area contributed by atoms with Crippen LogP contribution in [0, 0.1) is 0 Å². The van der Waals surface area contributed by atoms with E-state index in [1.807, 2.05) is 6.07 Å². The molecule has 0 saturated carbocycles. The number of hydrogen-bond donors (Lipinski definition) is 2. The SMILES string of the molecule is CC(NC1CCOC1)c1ccn[nH]1. The fourth-order valence-corrected chi connectivity index (χ4v) is 1.62. The summed E-state index contributed by atoms with van der Waals surface area (Å²) >= 11 is 0. The lowest BCUT2D eigenvalue weighted by atomic mass is 10.2. The minimum absolute atomic E-state index is 0.328.